The van der Waals surface area contributed by atoms with Crippen LogP contribution in [-0.4, -0.2) is 34.8 Å². The zero-order chi connectivity index (χ0) is 18.8. The first-order valence-corrected chi connectivity index (χ1v) is 8.94. The van der Waals surface area contributed by atoms with E-state index in [0.717, 1.165) is 35.2 Å². The highest BCUT2D eigenvalue weighted by molar-refractivity contribution is 5.90. The number of carboxylic acid groups (broad SMARTS) is 1. The summed E-state index contributed by atoms with van der Waals surface area (Å²) in [5.41, 5.74) is 4.80. The Morgan fingerprint density at radius 1 is 1.07 bits per heavy atom. The second-order valence-corrected chi connectivity index (χ2v) is 6.71. The largest absolute Gasteiger partial charge is 0.480 e. The lowest BCUT2D eigenvalue weighted by Gasteiger charge is -2.25. The molecule has 6 heteroatoms. The number of aryl methyl sites for hydroxylation is 1. The fourth-order valence-corrected chi connectivity index (χ4v) is 3.58. The van der Waals surface area contributed by atoms with Crippen LogP contribution < -0.4 is 5.32 Å². The molecular weight excluding hydrogens is 344 g/mol. The average molecular weight is 364 g/mol. The van der Waals surface area contributed by atoms with Crippen LogP contribution in [0.2, 0.25) is 0 Å². The van der Waals surface area contributed by atoms with Crippen LogP contribution in [0.4, 0.5) is 4.79 Å². The summed E-state index contributed by atoms with van der Waals surface area (Å²) in [6.45, 7) is 0.355. The molecule has 6 nitrogen and oxygen atoms in total. The first-order valence-electron chi connectivity index (χ1n) is 8.94. The number of nitrogens with one attached hydrogen (secondary N) is 1. The van der Waals surface area contributed by atoms with Gasteiger partial charge in [0.05, 0.1) is 12.3 Å². The summed E-state index contributed by atoms with van der Waals surface area (Å²) in [5.74, 6) is -1.08. The smallest absolute Gasteiger partial charge is 0.346 e. The van der Waals surface area contributed by atoms with Gasteiger partial charge in [0, 0.05) is 12.0 Å². The molecule has 0 aromatic heterocycles. The fraction of sp³-hybridized carbons (Fsp3) is 0.238. The van der Waals surface area contributed by atoms with Gasteiger partial charge >= 0.3 is 12.0 Å². The molecule has 0 fully saturated rings. The Balaban J connectivity index is 1.54. The molecule has 2 amide bonds. The zero-order valence-corrected chi connectivity index (χ0v) is 14.7. The Morgan fingerprint density at radius 3 is 2.59 bits per heavy atom. The molecule has 2 N–H and O–H groups in total. The lowest BCUT2D eigenvalue weighted by atomic mass is 9.90. The first-order chi connectivity index (χ1) is 13.1. The summed E-state index contributed by atoms with van der Waals surface area (Å²) in [5, 5.41) is 13.3. The van der Waals surface area contributed by atoms with E-state index in [1.807, 2.05) is 54.6 Å². The van der Waals surface area contributed by atoms with Gasteiger partial charge < -0.3 is 10.4 Å². The highest BCUT2D eigenvalue weighted by atomic mass is 16.7. The van der Waals surface area contributed by atoms with Crippen LogP contribution >= 0.6 is 0 Å². The molecule has 1 aliphatic heterocycles. The predicted molar refractivity (Wildman–Crippen MR) is 99.6 cm³/mol. The van der Waals surface area contributed by atoms with Crippen LogP contribution in [0.3, 0.4) is 0 Å². The van der Waals surface area contributed by atoms with Gasteiger partial charge in [-0.1, -0.05) is 54.6 Å². The second-order valence-electron chi connectivity index (χ2n) is 6.71. The van der Waals surface area contributed by atoms with Crippen LogP contribution in [0, 0.1) is 0 Å². The maximum Gasteiger partial charge on any atom is 0.346 e. The van der Waals surface area contributed by atoms with E-state index in [2.05, 4.69) is 5.32 Å². The SMILES string of the molecule is O=C(O)[C@H](Cc1ccccc1)NC(=O)N1OCC2=C1c1ccccc1CC2. The standard InChI is InChI=1S/C21H20N2O4/c24-20(25)18(12-14-6-2-1-3-7-14)22-21(26)23-19-16(13-27-23)11-10-15-8-4-5-9-17(15)19/h1-9,18H,10-13H2,(H,22,26)(H,24,25)/t18-/m0/s1. The van der Waals surface area contributed by atoms with E-state index in [0.29, 0.717) is 6.61 Å². The van der Waals surface area contributed by atoms with Crippen LogP contribution in [0.15, 0.2) is 60.2 Å². The van der Waals surface area contributed by atoms with Crippen molar-refractivity contribution in [2.24, 2.45) is 0 Å². The number of carbonyl (C=O) groups excluding carboxylic acids is 1. The molecule has 1 atom stereocenters. The Labute approximate surface area is 157 Å². The number of hydrogen-bond acceptors (Lipinski definition) is 3. The van der Waals surface area contributed by atoms with Crippen molar-refractivity contribution < 1.29 is 19.5 Å². The number of fused-ring (bicyclic) bond motifs is 2. The van der Waals surface area contributed by atoms with E-state index >= 15 is 0 Å². The summed E-state index contributed by atoms with van der Waals surface area (Å²) in [6.07, 6.45) is 1.96. The van der Waals surface area contributed by atoms with E-state index in [1.54, 1.807) is 0 Å². The molecule has 27 heavy (non-hydrogen) atoms. The van der Waals surface area contributed by atoms with Gasteiger partial charge in [-0.25, -0.2) is 9.59 Å². The van der Waals surface area contributed by atoms with Crippen molar-refractivity contribution in [2.75, 3.05) is 6.61 Å². The predicted octanol–water partition coefficient (Wildman–Crippen LogP) is 3.00. The summed E-state index contributed by atoms with van der Waals surface area (Å²) < 4.78 is 0. The Kier molecular flexibility index (Phi) is 4.64. The molecule has 1 heterocycles. The maximum atomic E-state index is 12.8. The lowest BCUT2D eigenvalue weighted by Crippen LogP contribution is -2.47. The van der Waals surface area contributed by atoms with Crippen molar-refractivity contribution in [1.29, 1.82) is 0 Å². The summed E-state index contributed by atoms with van der Waals surface area (Å²) >= 11 is 0. The summed E-state index contributed by atoms with van der Waals surface area (Å²) in [7, 11) is 0. The minimum atomic E-state index is -1.08. The zero-order valence-electron chi connectivity index (χ0n) is 14.7. The second kappa shape index (κ2) is 7.25. The van der Waals surface area contributed by atoms with E-state index in [4.69, 9.17) is 4.84 Å². The van der Waals surface area contributed by atoms with Crippen LogP contribution in [-0.2, 0) is 22.5 Å². The lowest BCUT2D eigenvalue weighted by molar-refractivity contribution is -0.139. The molecule has 0 saturated carbocycles. The third-order valence-electron chi connectivity index (χ3n) is 4.94. The van der Waals surface area contributed by atoms with Crippen LogP contribution in [0.1, 0.15) is 23.1 Å². The van der Waals surface area contributed by atoms with E-state index in [1.165, 1.54) is 10.6 Å². The number of hydrogen-bond donors (Lipinski definition) is 2. The molecule has 2 aliphatic rings. The van der Waals surface area contributed by atoms with Crippen LogP contribution in [0.5, 0.6) is 0 Å². The quantitative estimate of drug-likeness (QED) is 0.874. The number of aliphatic carboxylic acids is 1. The molecule has 2 aromatic carbocycles. The number of rotatable bonds is 4. The normalized spacial score (nSPS) is 16.5. The molecule has 0 saturated heterocycles. The molecule has 1 aliphatic carbocycles. The van der Waals surface area contributed by atoms with Gasteiger partial charge in [-0.15, -0.1) is 0 Å². The van der Waals surface area contributed by atoms with Crippen molar-refractivity contribution in [3.8, 4) is 0 Å². The molecule has 0 spiro atoms. The number of benzene rings is 2. The van der Waals surface area contributed by atoms with Crippen molar-refractivity contribution in [2.45, 2.75) is 25.3 Å². The van der Waals surface area contributed by atoms with Gasteiger partial charge in [0.1, 0.15) is 6.04 Å². The number of carbonyl (C=O) groups is 2. The number of amides is 2. The highest BCUT2D eigenvalue weighted by Gasteiger charge is 2.35. The van der Waals surface area contributed by atoms with Gasteiger partial charge in [0.2, 0.25) is 0 Å². The number of carboxylic acids is 1. The van der Waals surface area contributed by atoms with Crippen molar-refractivity contribution in [1.82, 2.24) is 10.4 Å². The van der Waals surface area contributed by atoms with Crippen molar-refractivity contribution >= 4 is 17.7 Å². The Morgan fingerprint density at radius 2 is 1.81 bits per heavy atom. The van der Waals surface area contributed by atoms with E-state index < -0.39 is 18.0 Å². The Hall–Kier alpha value is -3.12. The molecular formula is C21H20N2O4. The van der Waals surface area contributed by atoms with Gasteiger partial charge in [-0.05, 0) is 29.5 Å². The van der Waals surface area contributed by atoms with Gasteiger partial charge in [0.15, 0.2) is 0 Å². The van der Waals surface area contributed by atoms with Gasteiger partial charge in [-0.3, -0.25) is 4.84 Å². The molecule has 4 rings (SSSR count). The fourth-order valence-electron chi connectivity index (χ4n) is 3.58. The van der Waals surface area contributed by atoms with Gasteiger partial charge in [-0.2, -0.15) is 5.06 Å². The molecule has 0 unspecified atom stereocenters. The average Bonchev–Trinajstić information content (AvgIpc) is 3.13. The van der Waals surface area contributed by atoms with Gasteiger partial charge in [0.25, 0.3) is 0 Å². The third-order valence-corrected chi connectivity index (χ3v) is 4.94. The highest BCUT2D eigenvalue weighted by Crippen LogP contribution is 2.38. The number of urea groups is 1. The van der Waals surface area contributed by atoms with Crippen LogP contribution in [0.25, 0.3) is 5.70 Å². The van der Waals surface area contributed by atoms with E-state index in [-0.39, 0.29) is 6.42 Å². The summed E-state index contributed by atoms with van der Waals surface area (Å²) in [6, 6.07) is 15.6. The first kappa shape index (κ1) is 17.3. The molecule has 2 aromatic rings. The van der Waals surface area contributed by atoms with Crippen molar-refractivity contribution in [3.63, 3.8) is 0 Å². The monoisotopic (exact) mass is 364 g/mol. The third kappa shape index (κ3) is 3.44. The van der Waals surface area contributed by atoms with E-state index in [9.17, 15) is 14.7 Å². The molecule has 138 valence electrons. The molecule has 0 radical (unpaired) electrons. The number of hydroxylamine groups is 2. The topological polar surface area (TPSA) is 78.9 Å². The molecule has 0 bridgehead atoms. The maximum absolute atomic E-state index is 12.8. The summed E-state index contributed by atoms with van der Waals surface area (Å²) in [4.78, 5) is 30.1. The minimum absolute atomic E-state index is 0.207. The Bertz CT molecular complexity index is 907. The number of nitrogens with zero attached hydrogens (tertiary/aromatic N) is 1. The van der Waals surface area contributed by atoms with Crippen molar-refractivity contribution in [3.05, 3.63) is 76.9 Å². The minimum Gasteiger partial charge on any atom is -0.480 e.